The fourth-order valence-corrected chi connectivity index (χ4v) is 3.30. The van der Waals surface area contributed by atoms with Gasteiger partial charge < -0.3 is 14.6 Å². The van der Waals surface area contributed by atoms with Gasteiger partial charge in [-0.15, -0.1) is 10.2 Å². The van der Waals surface area contributed by atoms with E-state index in [1.807, 2.05) is 18.5 Å². The molecule has 0 spiro atoms. The van der Waals surface area contributed by atoms with Crippen LogP contribution in [0.25, 0.3) is 0 Å². The summed E-state index contributed by atoms with van der Waals surface area (Å²) in [5.74, 6) is 1.47. The van der Waals surface area contributed by atoms with Gasteiger partial charge in [0.2, 0.25) is 5.91 Å². The molecule has 6 nitrogen and oxygen atoms in total. The molecular weight excluding hydrogens is 383 g/mol. The molecule has 1 aromatic heterocycles. The highest BCUT2D eigenvalue weighted by Gasteiger charge is 2.24. The average molecular weight is 401 g/mol. The molecule has 0 saturated heterocycles. The number of ether oxygens (including phenoxy) is 1. The van der Waals surface area contributed by atoms with Gasteiger partial charge >= 0.3 is 0 Å². The zero-order valence-corrected chi connectivity index (χ0v) is 16.2. The van der Waals surface area contributed by atoms with E-state index >= 15 is 0 Å². The Hall–Kier alpha value is -1.44. The second-order valence-electron chi connectivity index (χ2n) is 5.87. The van der Waals surface area contributed by atoms with Gasteiger partial charge in [0.1, 0.15) is 5.75 Å². The number of carbonyl (C=O) groups is 1. The molecule has 1 heterocycles. The quantitative estimate of drug-likeness (QED) is 0.718. The summed E-state index contributed by atoms with van der Waals surface area (Å²) in [6.45, 7) is 1.86. The van der Waals surface area contributed by atoms with E-state index in [-0.39, 0.29) is 12.0 Å². The van der Waals surface area contributed by atoms with Crippen molar-refractivity contribution in [2.45, 2.75) is 37.1 Å². The molecule has 25 heavy (non-hydrogen) atoms. The molecule has 0 radical (unpaired) electrons. The largest absolute Gasteiger partial charge is 0.481 e. The first-order valence-electron chi connectivity index (χ1n) is 7.87. The van der Waals surface area contributed by atoms with Crippen molar-refractivity contribution in [2.75, 3.05) is 5.75 Å². The lowest BCUT2D eigenvalue weighted by atomic mass is 10.3. The maximum absolute atomic E-state index is 11.8. The first-order valence-corrected chi connectivity index (χ1v) is 9.61. The molecule has 1 atom stereocenters. The van der Waals surface area contributed by atoms with Crippen molar-refractivity contribution >= 4 is 40.9 Å². The van der Waals surface area contributed by atoms with Crippen LogP contribution in [0.4, 0.5) is 0 Å². The summed E-state index contributed by atoms with van der Waals surface area (Å²) in [7, 11) is 1.84. The van der Waals surface area contributed by atoms with Crippen molar-refractivity contribution < 1.29 is 9.53 Å². The van der Waals surface area contributed by atoms with Gasteiger partial charge in [-0.2, -0.15) is 0 Å². The van der Waals surface area contributed by atoms with E-state index in [1.54, 1.807) is 18.2 Å². The minimum atomic E-state index is -0.372. The van der Waals surface area contributed by atoms with Crippen LogP contribution in [0, 0.1) is 0 Å². The Kier molecular flexibility index (Phi) is 5.76. The number of aromatic nitrogens is 3. The first kappa shape index (κ1) is 18.4. The van der Waals surface area contributed by atoms with E-state index in [9.17, 15) is 4.79 Å². The number of rotatable bonds is 7. The highest BCUT2D eigenvalue weighted by Crippen LogP contribution is 2.31. The molecule has 1 amide bonds. The summed E-state index contributed by atoms with van der Waals surface area (Å²) in [5.41, 5.74) is 0. The molecule has 0 bridgehead atoms. The summed E-state index contributed by atoms with van der Waals surface area (Å²) in [5, 5.41) is 12.9. The number of carbonyl (C=O) groups excluding carboxylic acids is 1. The molecule has 1 aliphatic carbocycles. The Labute approximate surface area is 160 Å². The summed E-state index contributed by atoms with van der Waals surface area (Å²) >= 11 is 13.5. The maximum Gasteiger partial charge on any atom is 0.230 e. The van der Waals surface area contributed by atoms with Crippen molar-refractivity contribution in [3.8, 4) is 5.75 Å². The number of hydrogen-bond donors (Lipinski definition) is 1. The monoisotopic (exact) mass is 400 g/mol. The van der Waals surface area contributed by atoms with Crippen LogP contribution in [0.2, 0.25) is 10.0 Å². The van der Waals surface area contributed by atoms with Gasteiger partial charge in [0.15, 0.2) is 17.1 Å². The fraction of sp³-hybridized carbons (Fsp3) is 0.438. The average Bonchev–Trinajstić information content (AvgIpc) is 3.30. The van der Waals surface area contributed by atoms with E-state index in [0.717, 1.165) is 12.8 Å². The van der Waals surface area contributed by atoms with Crippen LogP contribution in [-0.4, -0.2) is 32.5 Å². The van der Waals surface area contributed by atoms with Gasteiger partial charge in [0.25, 0.3) is 0 Å². The van der Waals surface area contributed by atoms with E-state index in [0.29, 0.717) is 38.6 Å². The molecular formula is C16H18Cl2N4O2S. The third-order valence-electron chi connectivity index (χ3n) is 3.70. The van der Waals surface area contributed by atoms with Crippen LogP contribution in [-0.2, 0) is 11.8 Å². The number of halogens is 2. The molecule has 134 valence electrons. The lowest BCUT2D eigenvalue weighted by Crippen LogP contribution is -2.27. The number of amides is 1. The van der Waals surface area contributed by atoms with E-state index in [2.05, 4.69) is 15.5 Å². The van der Waals surface area contributed by atoms with Crippen LogP contribution < -0.4 is 10.1 Å². The predicted octanol–water partition coefficient (Wildman–Crippen LogP) is 3.63. The van der Waals surface area contributed by atoms with Crippen molar-refractivity contribution in [1.82, 2.24) is 20.1 Å². The van der Waals surface area contributed by atoms with E-state index < -0.39 is 0 Å². The number of nitrogens with one attached hydrogen (secondary N) is 1. The molecule has 1 fully saturated rings. The standard InChI is InChI=1S/C16H18Cl2N4O2S/c1-9(24-13-7-10(17)3-6-12(13)18)15-20-21-16(22(15)2)25-8-14(23)19-11-4-5-11/h3,6-7,9,11H,4-5,8H2,1-2H3,(H,19,23). The van der Waals surface area contributed by atoms with Crippen molar-refractivity contribution in [3.05, 3.63) is 34.1 Å². The molecule has 1 N–H and O–H groups in total. The van der Waals surface area contributed by atoms with E-state index in [4.69, 9.17) is 27.9 Å². The Balaban J connectivity index is 1.63. The van der Waals surface area contributed by atoms with E-state index in [1.165, 1.54) is 11.8 Å². The molecule has 2 aromatic rings. The number of benzene rings is 1. The third-order valence-corrected chi connectivity index (χ3v) is 5.27. The normalized spacial score (nSPS) is 15.0. The summed E-state index contributed by atoms with van der Waals surface area (Å²) in [6.07, 6.45) is 1.78. The fourth-order valence-electron chi connectivity index (χ4n) is 2.24. The Morgan fingerprint density at radius 3 is 2.92 bits per heavy atom. The molecule has 3 rings (SSSR count). The van der Waals surface area contributed by atoms with Crippen LogP contribution in [0.3, 0.4) is 0 Å². The SMILES string of the molecule is CC(Oc1cc(Cl)ccc1Cl)c1nnc(SCC(=O)NC2CC2)n1C. The summed E-state index contributed by atoms with van der Waals surface area (Å²) < 4.78 is 7.68. The maximum atomic E-state index is 11.8. The second kappa shape index (κ2) is 7.85. The van der Waals surface area contributed by atoms with Gasteiger partial charge in [-0.3, -0.25) is 4.79 Å². The summed E-state index contributed by atoms with van der Waals surface area (Å²) in [4.78, 5) is 11.8. The zero-order valence-electron chi connectivity index (χ0n) is 13.8. The minimum absolute atomic E-state index is 0.0204. The minimum Gasteiger partial charge on any atom is -0.481 e. The number of nitrogens with zero attached hydrogens (tertiary/aromatic N) is 3. The molecule has 1 unspecified atom stereocenters. The van der Waals surface area contributed by atoms with Crippen LogP contribution in [0.5, 0.6) is 5.75 Å². The number of thioether (sulfide) groups is 1. The van der Waals surface area contributed by atoms with Gasteiger partial charge in [-0.1, -0.05) is 35.0 Å². The van der Waals surface area contributed by atoms with Gasteiger partial charge in [-0.25, -0.2) is 0 Å². The zero-order chi connectivity index (χ0) is 18.0. The van der Waals surface area contributed by atoms with Crippen LogP contribution in [0.1, 0.15) is 31.7 Å². The van der Waals surface area contributed by atoms with Crippen molar-refractivity contribution in [2.24, 2.45) is 7.05 Å². The highest BCUT2D eigenvalue weighted by molar-refractivity contribution is 7.99. The molecule has 1 aliphatic rings. The smallest absolute Gasteiger partial charge is 0.230 e. The predicted molar refractivity (Wildman–Crippen MR) is 98.4 cm³/mol. The third kappa shape index (κ3) is 4.80. The summed E-state index contributed by atoms with van der Waals surface area (Å²) in [6, 6.07) is 5.40. The highest BCUT2D eigenvalue weighted by atomic mass is 35.5. The van der Waals surface area contributed by atoms with Crippen LogP contribution in [0.15, 0.2) is 23.4 Å². The Morgan fingerprint density at radius 2 is 2.20 bits per heavy atom. The van der Waals surface area contributed by atoms with Gasteiger partial charge in [-0.05, 0) is 31.9 Å². The van der Waals surface area contributed by atoms with Crippen molar-refractivity contribution in [1.29, 1.82) is 0 Å². The number of hydrogen-bond acceptors (Lipinski definition) is 5. The van der Waals surface area contributed by atoms with Gasteiger partial charge in [0.05, 0.1) is 10.8 Å². The van der Waals surface area contributed by atoms with Crippen molar-refractivity contribution in [3.63, 3.8) is 0 Å². The lowest BCUT2D eigenvalue weighted by Gasteiger charge is -2.15. The molecule has 9 heteroatoms. The molecule has 0 aliphatic heterocycles. The molecule has 1 saturated carbocycles. The topological polar surface area (TPSA) is 69.0 Å². The first-order chi connectivity index (χ1) is 11.9. The Morgan fingerprint density at radius 1 is 1.44 bits per heavy atom. The second-order valence-corrected chi connectivity index (χ2v) is 7.65. The van der Waals surface area contributed by atoms with Crippen LogP contribution >= 0.6 is 35.0 Å². The molecule has 1 aromatic carbocycles. The van der Waals surface area contributed by atoms with Gasteiger partial charge in [0, 0.05) is 24.2 Å². The lowest BCUT2D eigenvalue weighted by molar-refractivity contribution is -0.118. The Bertz CT molecular complexity index is 779.